The highest BCUT2D eigenvalue weighted by molar-refractivity contribution is 6.07. The number of H-pyrrole nitrogens is 1. The molecular weight excluding hydrogens is 468 g/mol. The van der Waals surface area contributed by atoms with E-state index in [1.807, 2.05) is 12.1 Å². The fourth-order valence-electron chi connectivity index (χ4n) is 3.75. The van der Waals surface area contributed by atoms with Crippen LogP contribution >= 0.6 is 0 Å². The van der Waals surface area contributed by atoms with Crippen LogP contribution in [-0.2, 0) is 6.67 Å². The Morgan fingerprint density at radius 2 is 1.78 bits per heavy atom. The normalized spacial score (nSPS) is 11.0. The number of aromatic amines is 1. The van der Waals surface area contributed by atoms with E-state index in [1.165, 1.54) is 18.3 Å². The van der Waals surface area contributed by atoms with Gasteiger partial charge in [-0.15, -0.1) is 0 Å². The molecule has 2 amide bonds. The highest BCUT2D eigenvalue weighted by Gasteiger charge is 2.14. The number of benzene rings is 3. The molecule has 0 aliphatic carbocycles. The zero-order chi connectivity index (χ0) is 25.2. The monoisotopic (exact) mass is 487 g/mol. The molecule has 180 valence electrons. The standard InChI is InChI=1S/C26H19F2N5O3/c1-14-25(34)33-23-22(10-11-29-24(23)30-14)36-21-9-8-19(16-4-2-3-5-17(16)21)31-26(35)32-20-12-15(13-27)6-7-18(20)28/h2-12H,13H2,1H3,(H,33,34)(H2,31,32,35). The van der Waals surface area contributed by atoms with E-state index in [-0.39, 0.29) is 16.8 Å². The van der Waals surface area contributed by atoms with Gasteiger partial charge in [-0.3, -0.25) is 4.79 Å². The van der Waals surface area contributed by atoms with Crippen LogP contribution in [0.5, 0.6) is 11.5 Å². The number of rotatable bonds is 5. The number of hydrogen-bond donors (Lipinski definition) is 3. The lowest BCUT2D eigenvalue weighted by molar-refractivity contribution is 0.262. The molecule has 0 bridgehead atoms. The number of pyridine rings is 1. The maximum atomic E-state index is 14.1. The van der Waals surface area contributed by atoms with Crippen LogP contribution in [0.4, 0.5) is 25.0 Å². The van der Waals surface area contributed by atoms with E-state index in [2.05, 4.69) is 25.6 Å². The van der Waals surface area contributed by atoms with Crippen molar-refractivity contribution in [3.05, 3.63) is 94.3 Å². The van der Waals surface area contributed by atoms with Gasteiger partial charge in [0.15, 0.2) is 11.4 Å². The number of aryl methyl sites for hydroxylation is 1. The molecule has 0 aliphatic rings. The van der Waals surface area contributed by atoms with Crippen molar-refractivity contribution in [1.82, 2.24) is 15.0 Å². The number of aromatic nitrogens is 3. The van der Waals surface area contributed by atoms with E-state index in [9.17, 15) is 18.4 Å². The number of urea groups is 1. The van der Waals surface area contributed by atoms with E-state index in [0.29, 0.717) is 44.8 Å². The van der Waals surface area contributed by atoms with Crippen molar-refractivity contribution in [3.63, 3.8) is 0 Å². The summed E-state index contributed by atoms with van der Waals surface area (Å²) < 4.78 is 33.1. The third kappa shape index (κ3) is 4.43. The number of nitrogens with zero attached hydrogens (tertiary/aromatic N) is 2. The Bertz CT molecular complexity index is 1690. The summed E-state index contributed by atoms with van der Waals surface area (Å²) in [5.41, 5.74) is 1.21. The van der Waals surface area contributed by atoms with Crippen LogP contribution in [0.15, 0.2) is 71.7 Å². The van der Waals surface area contributed by atoms with Gasteiger partial charge in [-0.25, -0.2) is 23.5 Å². The van der Waals surface area contributed by atoms with Crippen LogP contribution in [-0.4, -0.2) is 21.0 Å². The molecule has 2 aromatic heterocycles. The molecule has 0 saturated carbocycles. The molecule has 2 heterocycles. The number of carbonyl (C=O) groups excluding carboxylic acids is 1. The fraction of sp³-hybridized carbons (Fsp3) is 0.0769. The van der Waals surface area contributed by atoms with Gasteiger partial charge in [-0.2, -0.15) is 0 Å². The lowest BCUT2D eigenvalue weighted by atomic mass is 10.1. The van der Waals surface area contributed by atoms with Crippen molar-refractivity contribution < 1.29 is 18.3 Å². The second-order valence-electron chi connectivity index (χ2n) is 7.94. The molecule has 0 saturated heterocycles. The van der Waals surface area contributed by atoms with Gasteiger partial charge in [0.2, 0.25) is 0 Å². The Balaban J connectivity index is 1.46. The van der Waals surface area contributed by atoms with Gasteiger partial charge in [0.25, 0.3) is 5.56 Å². The van der Waals surface area contributed by atoms with Gasteiger partial charge in [0, 0.05) is 23.0 Å². The number of fused-ring (bicyclic) bond motifs is 2. The van der Waals surface area contributed by atoms with Crippen LogP contribution in [0.2, 0.25) is 0 Å². The van der Waals surface area contributed by atoms with Gasteiger partial charge in [0.05, 0.1) is 11.4 Å². The molecule has 3 aromatic carbocycles. The van der Waals surface area contributed by atoms with Crippen LogP contribution < -0.4 is 20.9 Å². The van der Waals surface area contributed by atoms with E-state index < -0.39 is 18.5 Å². The fourth-order valence-corrected chi connectivity index (χ4v) is 3.75. The number of carbonyl (C=O) groups is 1. The average Bonchev–Trinajstić information content (AvgIpc) is 2.88. The van der Waals surface area contributed by atoms with E-state index in [1.54, 1.807) is 37.3 Å². The van der Waals surface area contributed by atoms with E-state index in [4.69, 9.17) is 4.74 Å². The van der Waals surface area contributed by atoms with Crippen LogP contribution in [0.25, 0.3) is 21.9 Å². The van der Waals surface area contributed by atoms with Crippen molar-refractivity contribution in [2.24, 2.45) is 0 Å². The summed E-state index contributed by atoms with van der Waals surface area (Å²) >= 11 is 0. The third-order valence-electron chi connectivity index (χ3n) is 5.52. The molecule has 8 nitrogen and oxygen atoms in total. The van der Waals surface area contributed by atoms with Gasteiger partial charge in [-0.1, -0.05) is 30.3 Å². The maximum absolute atomic E-state index is 14.1. The maximum Gasteiger partial charge on any atom is 0.323 e. The minimum Gasteiger partial charge on any atom is -0.454 e. The van der Waals surface area contributed by atoms with Crippen LogP contribution in [0, 0.1) is 12.7 Å². The summed E-state index contributed by atoms with van der Waals surface area (Å²) in [5.74, 6) is 0.145. The van der Waals surface area contributed by atoms with Crippen molar-refractivity contribution in [2.75, 3.05) is 10.6 Å². The summed E-state index contributed by atoms with van der Waals surface area (Å²) in [6.45, 7) is 0.814. The number of ether oxygens (including phenoxy) is 1. The zero-order valence-corrected chi connectivity index (χ0v) is 18.9. The molecule has 0 unspecified atom stereocenters. The number of nitrogens with one attached hydrogen (secondary N) is 3. The highest BCUT2D eigenvalue weighted by Crippen LogP contribution is 2.35. The molecule has 3 N–H and O–H groups in total. The summed E-state index contributed by atoms with van der Waals surface area (Å²) in [5, 5.41) is 6.44. The van der Waals surface area contributed by atoms with Gasteiger partial charge in [0.1, 0.15) is 29.5 Å². The Labute approximate surface area is 203 Å². The summed E-state index contributed by atoms with van der Waals surface area (Å²) in [6.07, 6.45) is 1.53. The average molecular weight is 487 g/mol. The summed E-state index contributed by atoms with van der Waals surface area (Å²) in [6, 6.07) is 15.1. The second-order valence-corrected chi connectivity index (χ2v) is 7.94. The molecule has 36 heavy (non-hydrogen) atoms. The molecule has 0 radical (unpaired) electrons. The topological polar surface area (TPSA) is 109 Å². The molecule has 10 heteroatoms. The van der Waals surface area contributed by atoms with Crippen LogP contribution in [0.1, 0.15) is 11.3 Å². The predicted octanol–water partition coefficient (Wildman–Crippen LogP) is 5.82. The van der Waals surface area contributed by atoms with Crippen LogP contribution in [0.3, 0.4) is 0 Å². The minimum atomic E-state index is -0.779. The Kier molecular flexibility index (Phi) is 5.99. The first kappa shape index (κ1) is 22.9. The number of halogens is 2. The van der Waals surface area contributed by atoms with E-state index in [0.717, 1.165) is 6.07 Å². The summed E-state index contributed by atoms with van der Waals surface area (Å²) in [7, 11) is 0. The van der Waals surface area contributed by atoms with Crippen molar-refractivity contribution in [2.45, 2.75) is 13.6 Å². The van der Waals surface area contributed by atoms with Crippen molar-refractivity contribution >= 4 is 39.3 Å². The van der Waals surface area contributed by atoms with E-state index >= 15 is 0 Å². The number of anilines is 2. The minimum absolute atomic E-state index is 0.130. The van der Waals surface area contributed by atoms with Gasteiger partial charge in [-0.05, 0) is 36.8 Å². The second kappa shape index (κ2) is 9.41. The summed E-state index contributed by atoms with van der Waals surface area (Å²) in [4.78, 5) is 35.8. The lowest BCUT2D eigenvalue weighted by Crippen LogP contribution is -2.20. The molecule has 0 fully saturated rings. The first-order valence-corrected chi connectivity index (χ1v) is 10.9. The molecule has 0 aliphatic heterocycles. The highest BCUT2D eigenvalue weighted by atomic mass is 19.1. The number of hydrogen-bond acceptors (Lipinski definition) is 5. The number of alkyl halides is 1. The Hall–Kier alpha value is -4.86. The molecule has 5 aromatic rings. The van der Waals surface area contributed by atoms with Crippen molar-refractivity contribution in [1.29, 1.82) is 0 Å². The zero-order valence-electron chi connectivity index (χ0n) is 18.9. The van der Waals surface area contributed by atoms with Crippen molar-refractivity contribution in [3.8, 4) is 11.5 Å². The lowest BCUT2D eigenvalue weighted by Gasteiger charge is -2.15. The molecule has 0 spiro atoms. The third-order valence-corrected chi connectivity index (χ3v) is 5.52. The smallest absolute Gasteiger partial charge is 0.323 e. The molecule has 0 atom stereocenters. The first-order chi connectivity index (χ1) is 17.4. The Morgan fingerprint density at radius 3 is 2.58 bits per heavy atom. The quantitative estimate of drug-likeness (QED) is 0.289. The molecular formula is C26H19F2N5O3. The largest absolute Gasteiger partial charge is 0.454 e. The van der Waals surface area contributed by atoms with Gasteiger partial charge < -0.3 is 20.4 Å². The predicted molar refractivity (Wildman–Crippen MR) is 133 cm³/mol. The molecule has 5 rings (SSSR count). The Morgan fingerprint density at radius 1 is 1.00 bits per heavy atom. The van der Waals surface area contributed by atoms with Gasteiger partial charge >= 0.3 is 6.03 Å². The first-order valence-electron chi connectivity index (χ1n) is 10.9. The number of amides is 2. The SMILES string of the molecule is Cc1nc2nccc(Oc3ccc(NC(=O)Nc4cc(CF)ccc4F)c4ccccc34)c2[nH]c1=O.